The van der Waals surface area contributed by atoms with Crippen LogP contribution in [0.25, 0.3) is 0 Å². The number of rotatable bonds is 8. The maximum Gasteiger partial charge on any atom is 0.306 e. The van der Waals surface area contributed by atoms with E-state index in [1.807, 2.05) is 0 Å². The van der Waals surface area contributed by atoms with E-state index in [1.54, 1.807) is 0 Å². The molecule has 104 valence electrons. The van der Waals surface area contributed by atoms with Gasteiger partial charge in [0.2, 0.25) is 5.91 Å². The highest BCUT2D eigenvalue weighted by atomic mass is 16.4. The summed E-state index contributed by atoms with van der Waals surface area (Å²) < 4.78 is 0. The molecule has 0 atom stereocenters. The number of carboxylic acids is 1. The molecular weight excluding hydrogens is 234 g/mol. The van der Waals surface area contributed by atoms with E-state index < -0.39 is 23.3 Å². The van der Waals surface area contributed by atoms with Crippen molar-refractivity contribution in [1.29, 1.82) is 0 Å². The van der Waals surface area contributed by atoms with Gasteiger partial charge < -0.3 is 21.1 Å². The SMILES string of the molecule is CCN(CC)CCNC1(C(N)=O)CC(C(=O)O)C1. The number of carbonyl (C=O) groups excluding carboxylic acids is 1. The Hall–Kier alpha value is -1.14. The molecule has 0 aliphatic heterocycles. The van der Waals surface area contributed by atoms with Crippen molar-refractivity contribution in [3.8, 4) is 0 Å². The summed E-state index contributed by atoms with van der Waals surface area (Å²) >= 11 is 0. The van der Waals surface area contributed by atoms with E-state index in [0.29, 0.717) is 19.4 Å². The summed E-state index contributed by atoms with van der Waals surface area (Å²) in [6.07, 6.45) is 0.603. The van der Waals surface area contributed by atoms with Gasteiger partial charge in [-0.3, -0.25) is 9.59 Å². The van der Waals surface area contributed by atoms with Crippen LogP contribution in [-0.4, -0.2) is 53.6 Å². The van der Waals surface area contributed by atoms with Gasteiger partial charge in [-0.05, 0) is 25.9 Å². The molecule has 0 unspecified atom stereocenters. The minimum absolute atomic E-state index is 0.302. The van der Waals surface area contributed by atoms with Crippen LogP contribution >= 0.6 is 0 Å². The number of carbonyl (C=O) groups is 2. The fraction of sp³-hybridized carbons (Fsp3) is 0.833. The van der Waals surface area contributed by atoms with Crippen LogP contribution in [0.5, 0.6) is 0 Å². The van der Waals surface area contributed by atoms with Crippen LogP contribution in [0.3, 0.4) is 0 Å². The second kappa shape index (κ2) is 6.15. The molecule has 1 aliphatic rings. The predicted octanol–water partition coefficient (Wildman–Crippen LogP) is -0.363. The third-order valence-corrected chi connectivity index (χ3v) is 3.80. The predicted molar refractivity (Wildman–Crippen MR) is 68.1 cm³/mol. The number of nitrogens with two attached hydrogens (primary N) is 1. The highest BCUT2D eigenvalue weighted by molar-refractivity contribution is 5.88. The van der Waals surface area contributed by atoms with Crippen molar-refractivity contribution in [2.75, 3.05) is 26.2 Å². The third kappa shape index (κ3) is 3.20. The largest absolute Gasteiger partial charge is 0.481 e. The average Bonchev–Trinajstić information content (AvgIpc) is 2.26. The molecule has 0 radical (unpaired) electrons. The molecule has 4 N–H and O–H groups in total. The highest BCUT2D eigenvalue weighted by Crippen LogP contribution is 2.37. The number of aliphatic carboxylic acids is 1. The Kier molecular flexibility index (Phi) is 5.10. The Morgan fingerprint density at radius 2 is 1.94 bits per heavy atom. The van der Waals surface area contributed by atoms with E-state index in [2.05, 4.69) is 24.1 Å². The Bertz CT molecular complexity index is 310. The van der Waals surface area contributed by atoms with Crippen molar-refractivity contribution in [2.45, 2.75) is 32.2 Å². The minimum Gasteiger partial charge on any atom is -0.481 e. The van der Waals surface area contributed by atoms with Crippen molar-refractivity contribution in [2.24, 2.45) is 11.7 Å². The van der Waals surface area contributed by atoms with Gasteiger partial charge in [-0.15, -0.1) is 0 Å². The number of nitrogens with one attached hydrogen (secondary N) is 1. The molecule has 1 saturated carbocycles. The maximum absolute atomic E-state index is 11.4. The zero-order chi connectivity index (χ0) is 13.8. The normalized spacial score (nSPS) is 26.9. The molecule has 0 aromatic rings. The van der Waals surface area contributed by atoms with Crippen LogP contribution in [0.4, 0.5) is 0 Å². The smallest absolute Gasteiger partial charge is 0.306 e. The molecule has 0 bridgehead atoms. The topological polar surface area (TPSA) is 95.7 Å². The Labute approximate surface area is 108 Å². The molecular formula is C12H23N3O3. The van der Waals surface area contributed by atoms with Gasteiger partial charge in [0, 0.05) is 13.1 Å². The lowest BCUT2D eigenvalue weighted by Crippen LogP contribution is -2.65. The van der Waals surface area contributed by atoms with Crippen LogP contribution < -0.4 is 11.1 Å². The molecule has 0 aromatic carbocycles. The van der Waals surface area contributed by atoms with Crippen LogP contribution in [0.15, 0.2) is 0 Å². The molecule has 1 aliphatic carbocycles. The van der Waals surface area contributed by atoms with Gasteiger partial charge >= 0.3 is 5.97 Å². The van der Waals surface area contributed by atoms with E-state index in [0.717, 1.165) is 19.6 Å². The van der Waals surface area contributed by atoms with Gasteiger partial charge in [0.25, 0.3) is 0 Å². The molecule has 1 fully saturated rings. The lowest BCUT2D eigenvalue weighted by molar-refractivity contribution is -0.150. The van der Waals surface area contributed by atoms with Crippen molar-refractivity contribution in [3.05, 3.63) is 0 Å². The molecule has 0 saturated heterocycles. The molecule has 0 heterocycles. The minimum atomic E-state index is -0.850. The number of carboxylic acid groups (broad SMARTS) is 1. The quantitative estimate of drug-likeness (QED) is 0.552. The molecule has 1 rings (SSSR count). The number of nitrogens with zero attached hydrogens (tertiary/aromatic N) is 1. The summed E-state index contributed by atoms with van der Waals surface area (Å²) in [5, 5.41) is 12.0. The third-order valence-electron chi connectivity index (χ3n) is 3.80. The zero-order valence-corrected chi connectivity index (χ0v) is 11.1. The van der Waals surface area contributed by atoms with Crippen molar-refractivity contribution >= 4 is 11.9 Å². The lowest BCUT2D eigenvalue weighted by atomic mass is 9.67. The lowest BCUT2D eigenvalue weighted by Gasteiger charge is -2.44. The van der Waals surface area contributed by atoms with Gasteiger partial charge in [0.15, 0.2) is 0 Å². The van der Waals surface area contributed by atoms with E-state index >= 15 is 0 Å². The Morgan fingerprint density at radius 3 is 2.33 bits per heavy atom. The molecule has 0 spiro atoms. The van der Waals surface area contributed by atoms with E-state index in [-0.39, 0.29) is 0 Å². The van der Waals surface area contributed by atoms with Crippen LogP contribution in [0.2, 0.25) is 0 Å². The fourth-order valence-corrected chi connectivity index (χ4v) is 2.38. The average molecular weight is 257 g/mol. The summed E-state index contributed by atoms with van der Waals surface area (Å²) in [6.45, 7) is 7.56. The first-order chi connectivity index (χ1) is 8.45. The second-order valence-electron chi connectivity index (χ2n) is 4.84. The van der Waals surface area contributed by atoms with Crippen LogP contribution in [0, 0.1) is 5.92 Å². The summed E-state index contributed by atoms with van der Waals surface area (Å²) in [7, 11) is 0. The van der Waals surface area contributed by atoms with Crippen molar-refractivity contribution in [3.63, 3.8) is 0 Å². The number of amides is 1. The second-order valence-corrected chi connectivity index (χ2v) is 4.84. The molecule has 1 amide bonds. The van der Waals surface area contributed by atoms with Crippen LogP contribution in [0.1, 0.15) is 26.7 Å². The first kappa shape index (κ1) is 14.9. The number of hydrogen-bond acceptors (Lipinski definition) is 4. The Morgan fingerprint density at radius 1 is 1.39 bits per heavy atom. The van der Waals surface area contributed by atoms with E-state index in [1.165, 1.54) is 0 Å². The summed E-state index contributed by atoms with van der Waals surface area (Å²) in [5.74, 6) is -1.74. The van der Waals surface area contributed by atoms with Gasteiger partial charge in [0.1, 0.15) is 0 Å². The Balaban J connectivity index is 2.42. The molecule has 18 heavy (non-hydrogen) atoms. The standard InChI is InChI=1S/C12H23N3O3/c1-3-15(4-2)6-5-14-12(11(13)18)7-9(8-12)10(16)17/h9,14H,3-8H2,1-2H3,(H2,13,18)(H,16,17). The first-order valence-corrected chi connectivity index (χ1v) is 6.45. The number of hydrogen-bond donors (Lipinski definition) is 3. The number of primary amides is 1. The summed E-state index contributed by atoms with van der Waals surface area (Å²) in [5.41, 5.74) is 4.56. The van der Waals surface area contributed by atoms with E-state index in [9.17, 15) is 9.59 Å². The molecule has 6 heteroatoms. The van der Waals surface area contributed by atoms with Gasteiger partial charge in [0.05, 0.1) is 11.5 Å². The first-order valence-electron chi connectivity index (χ1n) is 6.45. The molecule has 6 nitrogen and oxygen atoms in total. The highest BCUT2D eigenvalue weighted by Gasteiger charge is 2.51. The van der Waals surface area contributed by atoms with Crippen molar-refractivity contribution < 1.29 is 14.7 Å². The van der Waals surface area contributed by atoms with Crippen LogP contribution in [-0.2, 0) is 9.59 Å². The van der Waals surface area contributed by atoms with Gasteiger partial charge in [-0.1, -0.05) is 13.8 Å². The number of likely N-dealkylation sites (N-methyl/N-ethyl adjacent to an activating group) is 1. The molecule has 0 aromatic heterocycles. The van der Waals surface area contributed by atoms with E-state index in [4.69, 9.17) is 10.8 Å². The van der Waals surface area contributed by atoms with Crippen molar-refractivity contribution in [1.82, 2.24) is 10.2 Å². The zero-order valence-electron chi connectivity index (χ0n) is 11.1. The monoisotopic (exact) mass is 257 g/mol. The van der Waals surface area contributed by atoms with Gasteiger partial charge in [-0.25, -0.2) is 0 Å². The maximum atomic E-state index is 11.4. The summed E-state index contributed by atoms with van der Waals surface area (Å²) in [4.78, 5) is 24.4. The van der Waals surface area contributed by atoms with Gasteiger partial charge in [-0.2, -0.15) is 0 Å². The summed E-state index contributed by atoms with van der Waals surface area (Å²) in [6, 6.07) is 0. The fourth-order valence-electron chi connectivity index (χ4n) is 2.38.